The summed E-state index contributed by atoms with van der Waals surface area (Å²) >= 11 is 0. The van der Waals surface area contributed by atoms with Crippen molar-refractivity contribution in [1.82, 2.24) is 15.5 Å². The maximum Gasteiger partial charge on any atom is 0.227 e. The zero-order chi connectivity index (χ0) is 19.1. The molecule has 0 atom stereocenters. The molecule has 0 unspecified atom stereocenters. The Bertz CT molecular complexity index is 911. The van der Waals surface area contributed by atoms with Crippen LogP contribution in [0, 0.1) is 5.82 Å². The molecule has 1 amide bonds. The first kappa shape index (κ1) is 18.6. The van der Waals surface area contributed by atoms with E-state index in [2.05, 4.69) is 15.5 Å². The number of benzene rings is 2. The fraction of sp³-hybridized carbons (Fsp3) is 0.250. The van der Waals surface area contributed by atoms with E-state index in [4.69, 9.17) is 9.26 Å². The summed E-state index contributed by atoms with van der Waals surface area (Å²) in [5.74, 6) is 1.13. The van der Waals surface area contributed by atoms with E-state index in [0.717, 1.165) is 5.56 Å². The summed E-state index contributed by atoms with van der Waals surface area (Å²) in [6.45, 7) is 0.374. The van der Waals surface area contributed by atoms with Gasteiger partial charge in [-0.2, -0.15) is 4.98 Å². The molecule has 7 heteroatoms. The van der Waals surface area contributed by atoms with Gasteiger partial charge in [0.2, 0.25) is 17.6 Å². The second-order valence-corrected chi connectivity index (χ2v) is 5.94. The second kappa shape index (κ2) is 8.93. The Labute approximate surface area is 156 Å². The molecule has 3 aromatic rings. The van der Waals surface area contributed by atoms with Gasteiger partial charge in [-0.05, 0) is 30.2 Å². The molecular weight excluding hydrogens is 349 g/mol. The maximum atomic E-state index is 13.5. The molecule has 0 fully saturated rings. The quantitative estimate of drug-likeness (QED) is 0.660. The van der Waals surface area contributed by atoms with Crippen LogP contribution >= 0.6 is 0 Å². The first-order valence-electron chi connectivity index (χ1n) is 8.63. The van der Waals surface area contributed by atoms with Crippen LogP contribution in [-0.2, 0) is 17.6 Å². The number of ether oxygens (including phenoxy) is 1. The topological polar surface area (TPSA) is 77.2 Å². The zero-order valence-corrected chi connectivity index (χ0v) is 14.9. The van der Waals surface area contributed by atoms with Crippen molar-refractivity contribution in [1.29, 1.82) is 0 Å². The first-order valence-corrected chi connectivity index (χ1v) is 8.63. The van der Waals surface area contributed by atoms with E-state index in [1.807, 2.05) is 24.3 Å². The molecule has 6 nitrogen and oxygen atoms in total. The Kier molecular flexibility index (Phi) is 6.14. The zero-order valence-electron chi connectivity index (χ0n) is 14.9. The number of aryl methyl sites for hydroxylation is 1. The lowest BCUT2D eigenvalue weighted by Crippen LogP contribution is -2.26. The summed E-state index contributed by atoms with van der Waals surface area (Å²) in [4.78, 5) is 16.2. The summed E-state index contributed by atoms with van der Waals surface area (Å²) in [6.07, 6.45) is 0.998. The molecule has 0 radical (unpaired) electrons. The van der Waals surface area contributed by atoms with E-state index in [9.17, 15) is 9.18 Å². The number of amides is 1. The minimum Gasteiger partial charge on any atom is -0.497 e. The maximum absolute atomic E-state index is 13.5. The predicted octanol–water partition coefficient (Wildman–Crippen LogP) is 3.18. The van der Waals surface area contributed by atoms with Gasteiger partial charge in [-0.25, -0.2) is 4.39 Å². The minimum absolute atomic E-state index is 0.146. The molecule has 0 bridgehead atoms. The average molecular weight is 369 g/mol. The standard InChI is InChI=1S/C20H20FN3O3/c1-26-16-7-4-6-15(13-16)20-23-19(27-24-20)10-9-18(25)22-12-11-14-5-2-3-8-17(14)21/h2-8,13H,9-12H2,1H3,(H,22,25). The summed E-state index contributed by atoms with van der Waals surface area (Å²) < 4.78 is 23.9. The Morgan fingerprint density at radius 2 is 2.04 bits per heavy atom. The SMILES string of the molecule is COc1cccc(-c2noc(CCC(=O)NCCc3ccccc3F)n2)c1. The average Bonchev–Trinajstić information content (AvgIpc) is 3.17. The lowest BCUT2D eigenvalue weighted by Gasteiger charge is -2.05. The van der Waals surface area contributed by atoms with Crippen molar-refractivity contribution in [3.05, 3.63) is 65.8 Å². The molecule has 1 N–H and O–H groups in total. The van der Waals surface area contributed by atoms with Crippen molar-refractivity contribution >= 4 is 5.91 Å². The molecule has 0 aliphatic heterocycles. The van der Waals surface area contributed by atoms with E-state index < -0.39 is 0 Å². The molecular formula is C20H20FN3O3. The van der Waals surface area contributed by atoms with Gasteiger partial charge in [0.1, 0.15) is 11.6 Å². The number of hydrogen-bond donors (Lipinski definition) is 1. The van der Waals surface area contributed by atoms with Gasteiger partial charge in [0.05, 0.1) is 7.11 Å². The highest BCUT2D eigenvalue weighted by atomic mass is 19.1. The Hall–Kier alpha value is -3.22. The van der Waals surface area contributed by atoms with Crippen molar-refractivity contribution in [2.75, 3.05) is 13.7 Å². The second-order valence-electron chi connectivity index (χ2n) is 5.94. The molecule has 0 aliphatic rings. The van der Waals surface area contributed by atoms with Crippen molar-refractivity contribution in [2.45, 2.75) is 19.3 Å². The molecule has 1 heterocycles. The number of carbonyl (C=O) groups excluding carboxylic acids is 1. The lowest BCUT2D eigenvalue weighted by atomic mass is 10.1. The Morgan fingerprint density at radius 1 is 1.19 bits per heavy atom. The number of rotatable bonds is 8. The molecule has 0 spiro atoms. The predicted molar refractivity (Wildman–Crippen MR) is 97.7 cm³/mol. The van der Waals surface area contributed by atoms with Crippen LogP contribution in [0.4, 0.5) is 4.39 Å². The van der Waals surface area contributed by atoms with Crippen molar-refractivity contribution in [3.63, 3.8) is 0 Å². The van der Waals surface area contributed by atoms with Crippen LogP contribution < -0.4 is 10.1 Å². The monoisotopic (exact) mass is 369 g/mol. The highest BCUT2D eigenvalue weighted by Crippen LogP contribution is 2.21. The van der Waals surface area contributed by atoms with E-state index in [1.165, 1.54) is 6.07 Å². The van der Waals surface area contributed by atoms with Crippen LogP contribution in [0.5, 0.6) is 5.75 Å². The molecule has 0 aliphatic carbocycles. The number of nitrogens with one attached hydrogen (secondary N) is 1. The molecule has 3 rings (SSSR count). The van der Waals surface area contributed by atoms with Crippen molar-refractivity contribution in [2.24, 2.45) is 0 Å². The number of aromatic nitrogens is 2. The molecule has 1 aromatic heterocycles. The van der Waals surface area contributed by atoms with Crippen LogP contribution in [0.15, 0.2) is 53.1 Å². The molecule has 140 valence electrons. The smallest absolute Gasteiger partial charge is 0.227 e. The van der Waals surface area contributed by atoms with Gasteiger partial charge in [0, 0.05) is 24.9 Å². The fourth-order valence-corrected chi connectivity index (χ4v) is 2.58. The highest BCUT2D eigenvalue weighted by Gasteiger charge is 2.11. The van der Waals surface area contributed by atoms with Gasteiger partial charge in [-0.1, -0.05) is 35.5 Å². The number of nitrogens with zero attached hydrogens (tertiary/aromatic N) is 2. The van der Waals surface area contributed by atoms with E-state index in [-0.39, 0.29) is 18.1 Å². The van der Waals surface area contributed by atoms with Crippen LogP contribution in [0.2, 0.25) is 0 Å². The number of carbonyl (C=O) groups is 1. The van der Waals surface area contributed by atoms with Gasteiger partial charge < -0.3 is 14.6 Å². The largest absolute Gasteiger partial charge is 0.497 e. The summed E-state index contributed by atoms with van der Waals surface area (Å²) in [7, 11) is 1.59. The van der Waals surface area contributed by atoms with Crippen LogP contribution in [0.25, 0.3) is 11.4 Å². The molecule has 0 saturated heterocycles. The van der Waals surface area contributed by atoms with Crippen molar-refractivity contribution < 1.29 is 18.4 Å². The summed E-state index contributed by atoms with van der Waals surface area (Å²) in [5, 5.41) is 6.71. The van der Waals surface area contributed by atoms with Crippen LogP contribution in [-0.4, -0.2) is 29.7 Å². The normalized spacial score (nSPS) is 10.6. The third-order valence-corrected chi connectivity index (χ3v) is 4.04. The lowest BCUT2D eigenvalue weighted by molar-refractivity contribution is -0.121. The number of hydrogen-bond acceptors (Lipinski definition) is 5. The van der Waals surface area contributed by atoms with Gasteiger partial charge in [-0.15, -0.1) is 0 Å². The van der Waals surface area contributed by atoms with Gasteiger partial charge in [-0.3, -0.25) is 4.79 Å². The molecule has 2 aromatic carbocycles. The van der Waals surface area contributed by atoms with E-state index >= 15 is 0 Å². The third-order valence-electron chi connectivity index (χ3n) is 4.04. The third kappa shape index (κ3) is 5.13. The highest BCUT2D eigenvalue weighted by molar-refractivity contribution is 5.76. The van der Waals surface area contributed by atoms with Crippen molar-refractivity contribution in [3.8, 4) is 17.1 Å². The summed E-state index contributed by atoms with van der Waals surface area (Å²) in [5.41, 5.74) is 1.36. The number of methoxy groups -OCH3 is 1. The first-order chi connectivity index (χ1) is 13.2. The molecule has 0 saturated carbocycles. The van der Waals surface area contributed by atoms with Gasteiger partial charge >= 0.3 is 0 Å². The van der Waals surface area contributed by atoms with Gasteiger partial charge in [0.15, 0.2) is 0 Å². The van der Waals surface area contributed by atoms with Crippen LogP contribution in [0.3, 0.4) is 0 Å². The minimum atomic E-state index is -0.261. The Balaban J connectivity index is 1.46. The van der Waals surface area contributed by atoms with E-state index in [0.29, 0.717) is 42.4 Å². The van der Waals surface area contributed by atoms with Crippen LogP contribution in [0.1, 0.15) is 17.9 Å². The Morgan fingerprint density at radius 3 is 2.85 bits per heavy atom. The molecule has 27 heavy (non-hydrogen) atoms. The van der Waals surface area contributed by atoms with E-state index in [1.54, 1.807) is 25.3 Å². The fourth-order valence-electron chi connectivity index (χ4n) is 2.58. The number of halogens is 1. The summed E-state index contributed by atoms with van der Waals surface area (Å²) in [6, 6.07) is 13.9. The van der Waals surface area contributed by atoms with Gasteiger partial charge in [0.25, 0.3) is 0 Å².